The Hall–Kier alpha value is -1.80. The van der Waals surface area contributed by atoms with Gasteiger partial charge in [0, 0.05) is 23.8 Å². The first-order valence-electron chi connectivity index (χ1n) is 7.61. The lowest BCUT2D eigenvalue weighted by Crippen LogP contribution is -2.41. The topological polar surface area (TPSA) is 69.6 Å². The van der Waals surface area contributed by atoms with Gasteiger partial charge in [0.05, 0.1) is 17.9 Å². The number of nitrogens with zero attached hydrogens (tertiary/aromatic N) is 1. The van der Waals surface area contributed by atoms with Gasteiger partial charge in [0.15, 0.2) is 0 Å². The first kappa shape index (κ1) is 19.5. The quantitative estimate of drug-likeness (QED) is 0.844. The average Bonchev–Trinajstić information content (AvgIpc) is 2.95. The Morgan fingerprint density at radius 1 is 1.36 bits per heavy atom. The summed E-state index contributed by atoms with van der Waals surface area (Å²) in [5, 5.41) is 12.1. The largest absolute Gasteiger partial charge is 0.481 e. The molecule has 25 heavy (non-hydrogen) atoms. The van der Waals surface area contributed by atoms with E-state index in [-0.39, 0.29) is 6.54 Å². The number of anilines is 1. The Morgan fingerprint density at radius 3 is 2.52 bits per heavy atom. The molecular weight excluding hydrogens is 361 g/mol. The maximum Gasteiger partial charge on any atom is 0.393 e. The van der Waals surface area contributed by atoms with Gasteiger partial charge in [-0.1, -0.05) is 17.7 Å². The number of amides is 1. The molecule has 1 amide bonds. The van der Waals surface area contributed by atoms with Crippen LogP contribution >= 0.6 is 11.6 Å². The molecule has 1 fully saturated rings. The number of rotatable bonds is 4. The van der Waals surface area contributed by atoms with Crippen LogP contribution in [-0.2, 0) is 9.59 Å². The fourth-order valence-corrected chi connectivity index (χ4v) is 3.04. The number of hydrogen-bond donors (Lipinski definition) is 2. The molecule has 0 aromatic heterocycles. The van der Waals surface area contributed by atoms with Crippen LogP contribution in [0.15, 0.2) is 18.2 Å². The molecule has 1 unspecified atom stereocenters. The molecule has 1 aliphatic rings. The molecule has 1 aromatic rings. The summed E-state index contributed by atoms with van der Waals surface area (Å²) < 4.78 is 39.1. The van der Waals surface area contributed by atoms with E-state index in [0.717, 1.165) is 5.56 Å². The highest BCUT2D eigenvalue weighted by molar-refractivity contribution is 6.31. The fraction of sp³-hybridized carbons (Fsp3) is 0.500. The Kier molecular flexibility index (Phi) is 5.63. The zero-order valence-corrected chi connectivity index (χ0v) is 14.4. The van der Waals surface area contributed by atoms with E-state index in [1.165, 1.54) is 11.8 Å². The maximum absolute atomic E-state index is 13.0. The molecule has 2 N–H and O–H groups in total. The Bertz CT molecular complexity index is 681. The molecule has 0 radical (unpaired) electrons. The smallest absolute Gasteiger partial charge is 0.393 e. The van der Waals surface area contributed by atoms with E-state index in [1.807, 2.05) is 0 Å². The maximum atomic E-state index is 13.0. The Morgan fingerprint density at radius 2 is 2.00 bits per heavy atom. The zero-order valence-electron chi connectivity index (χ0n) is 13.6. The van der Waals surface area contributed by atoms with Crippen molar-refractivity contribution >= 4 is 29.2 Å². The van der Waals surface area contributed by atoms with Crippen LogP contribution in [0.2, 0.25) is 5.02 Å². The number of carboxylic acids is 1. The molecule has 0 saturated carbocycles. The zero-order chi connectivity index (χ0) is 18.9. The predicted octanol–water partition coefficient (Wildman–Crippen LogP) is 3.17. The van der Waals surface area contributed by atoms with E-state index >= 15 is 0 Å². The van der Waals surface area contributed by atoms with Gasteiger partial charge in [-0.25, -0.2) is 0 Å². The highest BCUT2D eigenvalue weighted by Gasteiger charge is 2.53. The molecule has 2 rings (SSSR count). The van der Waals surface area contributed by atoms with Crippen molar-refractivity contribution in [3.05, 3.63) is 28.8 Å². The number of nitrogens with one attached hydrogen (secondary N) is 1. The summed E-state index contributed by atoms with van der Waals surface area (Å²) in [4.78, 5) is 24.7. The van der Waals surface area contributed by atoms with E-state index in [9.17, 15) is 22.8 Å². The van der Waals surface area contributed by atoms with Crippen LogP contribution < -0.4 is 5.32 Å². The minimum atomic E-state index is -4.63. The molecule has 1 aliphatic heterocycles. The summed E-state index contributed by atoms with van der Waals surface area (Å²) in [7, 11) is 0. The summed E-state index contributed by atoms with van der Waals surface area (Å²) in [6.45, 7) is 2.35. The summed E-state index contributed by atoms with van der Waals surface area (Å²) in [6, 6.07) is 4.00. The number of carboxylic acid groups (broad SMARTS) is 1. The monoisotopic (exact) mass is 378 g/mol. The number of benzene rings is 1. The van der Waals surface area contributed by atoms with Crippen molar-refractivity contribution in [2.24, 2.45) is 11.8 Å². The van der Waals surface area contributed by atoms with Crippen LogP contribution in [0.3, 0.4) is 0 Å². The van der Waals surface area contributed by atoms with Gasteiger partial charge in [0.25, 0.3) is 0 Å². The first-order valence-corrected chi connectivity index (χ1v) is 7.99. The standard InChI is InChI=1S/C16H18ClF3N2O3/c1-8-3-4-10(17)5-13(8)21-14(23)9(2)22-6-11(15(24)25)12(7-22)16(18,19)20/h3-5,9,11-12H,6-7H2,1-2H3,(H,21,23)(H,24,25)/t9?,11-,12-/m1/s1. The molecule has 1 heterocycles. The second kappa shape index (κ2) is 7.21. The number of aryl methyl sites for hydroxylation is 1. The van der Waals surface area contributed by atoms with Crippen molar-refractivity contribution in [2.45, 2.75) is 26.1 Å². The van der Waals surface area contributed by atoms with Crippen molar-refractivity contribution in [3.63, 3.8) is 0 Å². The van der Waals surface area contributed by atoms with Gasteiger partial charge in [-0.15, -0.1) is 0 Å². The molecule has 9 heteroatoms. The minimum absolute atomic E-state index is 0.331. The predicted molar refractivity (Wildman–Crippen MR) is 86.5 cm³/mol. The second-order valence-corrected chi connectivity index (χ2v) is 6.61. The van der Waals surface area contributed by atoms with Crippen molar-refractivity contribution in [1.82, 2.24) is 4.90 Å². The molecule has 3 atom stereocenters. The summed E-state index contributed by atoms with van der Waals surface area (Å²) in [5.41, 5.74) is 1.22. The summed E-state index contributed by atoms with van der Waals surface area (Å²) in [5.74, 6) is -5.60. The third-order valence-corrected chi connectivity index (χ3v) is 4.71. The van der Waals surface area contributed by atoms with E-state index in [1.54, 1.807) is 25.1 Å². The van der Waals surface area contributed by atoms with Crippen molar-refractivity contribution in [3.8, 4) is 0 Å². The van der Waals surface area contributed by atoms with Gasteiger partial charge in [-0.2, -0.15) is 13.2 Å². The van der Waals surface area contributed by atoms with Gasteiger partial charge in [0.1, 0.15) is 0 Å². The van der Waals surface area contributed by atoms with Crippen molar-refractivity contribution in [1.29, 1.82) is 0 Å². The normalized spacial score (nSPS) is 22.6. The molecule has 1 aromatic carbocycles. The summed E-state index contributed by atoms with van der Waals surface area (Å²) in [6.07, 6.45) is -4.63. The lowest BCUT2D eigenvalue weighted by molar-refractivity contribution is -0.188. The van der Waals surface area contributed by atoms with E-state index in [4.69, 9.17) is 16.7 Å². The number of alkyl halides is 3. The lowest BCUT2D eigenvalue weighted by Gasteiger charge is -2.24. The molecule has 138 valence electrons. The highest BCUT2D eigenvalue weighted by atomic mass is 35.5. The number of hydrogen-bond acceptors (Lipinski definition) is 3. The second-order valence-electron chi connectivity index (χ2n) is 6.17. The Balaban J connectivity index is 2.12. The molecule has 0 aliphatic carbocycles. The minimum Gasteiger partial charge on any atom is -0.481 e. The highest BCUT2D eigenvalue weighted by Crippen LogP contribution is 2.38. The summed E-state index contributed by atoms with van der Waals surface area (Å²) >= 11 is 5.88. The van der Waals surface area contributed by atoms with E-state index in [0.29, 0.717) is 10.7 Å². The molecule has 0 spiro atoms. The van der Waals surface area contributed by atoms with Crippen molar-refractivity contribution < 1.29 is 27.9 Å². The van der Waals surface area contributed by atoms with Crippen LogP contribution in [0.5, 0.6) is 0 Å². The first-order chi connectivity index (χ1) is 11.5. The van der Waals surface area contributed by atoms with Gasteiger partial charge in [-0.3, -0.25) is 14.5 Å². The van der Waals surface area contributed by atoms with Crippen LogP contribution in [0.4, 0.5) is 18.9 Å². The molecule has 1 saturated heterocycles. The van der Waals surface area contributed by atoms with Gasteiger partial charge >= 0.3 is 12.1 Å². The van der Waals surface area contributed by atoms with Crippen LogP contribution in [0.1, 0.15) is 12.5 Å². The molecule has 0 bridgehead atoms. The number of carbonyl (C=O) groups excluding carboxylic acids is 1. The van der Waals surface area contributed by atoms with Gasteiger partial charge < -0.3 is 10.4 Å². The third kappa shape index (κ3) is 4.43. The lowest BCUT2D eigenvalue weighted by atomic mass is 9.96. The number of carbonyl (C=O) groups is 2. The van der Waals surface area contributed by atoms with Gasteiger partial charge in [0.2, 0.25) is 5.91 Å². The third-order valence-electron chi connectivity index (χ3n) is 4.47. The van der Waals surface area contributed by atoms with E-state index in [2.05, 4.69) is 5.32 Å². The SMILES string of the molecule is Cc1ccc(Cl)cc1NC(=O)C(C)N1C[C@@H](C(F)(F)F)[C@H](C(=O)O)C1. The number of aliphatic carboxylic acids is 1. The number of halogens is 4. The fourth-order valence-electron chi connectivity index (χ4n) is 2.86. The molecule has 5 nitrogen and oxygen atoms in total. The Labute approximate surface area is 147 Å². The van der Waals surface area contributed by atoms with Crippen LogP contribution in [0.25, 0.3) is 0 Å². The van der Waals surface area contributed by atoms with Gasteiger partial charge in [-0.05, 0) is 31.5 Å². The van der Waals surface area contributed by atoms with Crippen molar-refractivity contribution in [2.75, 3.05) is 18.4 Å². The molecular formula is C16H18ClF3N2O3. The number of likely N-dealkylation sites (tertiary alicyclic amines) is 1. The van der Waals surface area contributed by atoms with E-state index < -0.39 is 42.5 Å². The van der Waals surface area contributed by atoms with Crippen LogP contribution in [0, 0.1) is 18.8 Å². The van der Waals surface area contributed by atoms with Crippen LogP contribution in [-0.4, -0.2) is 47.2 Å². The average molecular weight is 379 g/mol.